The van der Waals surface area contributed by atoms with Crippen LogP contribution in [0.25, 0.3) is 0 Å². The van der Waals surface area contributed by atoms with Crippen LogP contribution in [0.3, 0.4) is 0 Å². The Morgan fingerprint density at radius 2 is 1.88 bits per heavy atom. The van der Waals surface area contributed by atoms with E-state index in [1.165, 1.54) is 12.8 Å². The number of nitrogens with zero attached hydrogens (tertiary/aromatic N) is 1. The SMILES string of the molecule is O=S(=O)(CCCCNC1CC1)N1CCSCC1. The molecule has 2 rings (SSSR count). The first-order chi connectivity index (χ1) is 8.18. The Balaban J connectivity index is 1.61. The maximum Gasteiger partial charge on any atom is 0.214 e. The van der Waals surface area contributed by atoms with E-state index in [2.05, 4.69) is 5.32 Å². The lowest BCUT2D eigenvalue weighted by atomic mass is 10.3. The minimum atomic E-state index is -2.98. The molecule has 0 bridgehead atoms. The largest absolute Gasteiger partial charge is 0.314 e. The quantitative estimate of drug-likeness (QED) is 0.703. The van der Waals surface area contributed by atoms with Crippen LogP contribution in [0.1, 0.15) is 25.7 Å². The molecule has 6 heteroatoms. The van der Waals surface area contributed by atoms with Crippen molar-refractivity contribution < 1.29 is 8.42 Å². The Morgan fingerprint density at radius 1 is 1.18 bits per heavy atom. The topological polar surface area (TPSA) is 49.4 Å². The van der Waals surface area contributed by atoms with Crippen LogP contribution in [-0.4, -0.2) is 55.7 Å². The summed E-state index contributed by atoms with van der Waals surface area (Å²) in [5.74, 6) is 2.22. The van der Waals surface area contributed by atoms with Crippen LogP contribution in [0.15, 0.2) is 0 Å². The lowest BCUT2D eigenvalue weighted by molar-refractivity contribution is 0.441. The van der Waals surface area contributed by atoms with Crippen molar-refractivity contribution in [3.05, 3.63) is 0 Å². The fourth-order valence-corrected chi connectivity index (χ4v) is 4.66. The average Bonchev–Trinajstić information content (AvgIpc) is 3.14. The molecular formula is C11H22N2O2S2. The number of rotatable bonds is 7. The van der Waals surface area contributed by atoms with Gasteiger partial charge in [-0.25, -0.2) is 12.7 Å². The summed E-state index contributed by atoms with van der Waals surface area (Å²) < 4.78 is 25.6. The first kappa shape index (κ1) is 13.6. The van der Waals surface area contributed by atoms with Crippen LogP contribution in [0.2, 0.25) is 0 Å². The Labute approximate surface area is 109 Å². The molecule has 1 N–H and O–H groups in total. The van der Waals surface area contributed by atoms with Crippen LogP contribution >= 0.6 is 11.8 Å². The zero-order chi connectivity index (χ0) is 12.1. The van der Waals surface area contributed by atoms with Gasteiger partial charge in [0.2, 0.25) is 10.0 Å². The molecule has 0 amide bonds. The van der Waals surface area contributed by atoms with Crippen LogP contribution in [0.4, 0.5) is 0 Å². The van der Waals surface area contributed by atoms with E-state index in [4.69, 9.17) is 0 Å². The fourth-order valence-electron chi connectivity index (χ4n) is 1.96. The zero-order valence-electron chi connectivity index (χ0n) is 10.2. The highest BCUT2D eigenvalue weighted by Crippen LogP contribution is 2.18. The third-order valence-corrected chi connectivity index (χ3v) is 6.10. The van der Waals surface area contributed by atoms with Gasteiger partial charge in [-0.2, -0.15) is 11.8 Å². The van der Waals surface area contributed by atoms with Gasteiger partial charge in [0.25, 0.3) is 0 Å². The molecule has 0 aromatic carbocycles. The lowest BCUT2D eigenvalue weighted by Gasteiger charge is -2.25. The summed E-state index contributed by atoms with van der Waals surface area (Å²) in [7, 11) is -2.98. The molecular weight excluding hydrogens is 256 g/mol. The smallest absolute Gasteiger partial charge is 0.214 e. The Morgan fingerprint density at radius 3 is 2.53 bits per heavy atom. The molecule has 17 heavy (non-hydrogen) atoms. The second-order valence-electron chi connectivity index (χ2n) is 4.76. The minimum absolute atomic E-state index is 0.323. The van der Waals surface area contributed by atoms with Crippen molar-refractivity contribution in [2.75, 3.05) is 36.9 Å². The van der Waals surface area contributed by atoms with Gasteiger partial charge in [-0.05, 0) is 32.2 Å². The lowest BCUT2D eigenvalue weighted by Crippen LogP contribution is -2.39. The summed E-state index contributed by atoms with van der Waals surface area (Å²) in [4.78, 5) is 0. The van der Waals surface area contributed by atoms with Gasteiger partial charge < -0.3 is 5.32 Å². The molecule has 0 atom stereocenters. The summed E-state index contributed by atoms with van der Waals surface area (Å²) in [5, 5.41) is 3.41. The van der Waals surface area contributed by atoms with Gasteiger partial charge in [-0.1, -0.05) is 0 Å². The predicted molar refractivity (Wildman–Crippen MR) is 72.9 cm³/mol. The van der Waals surface area contributed by atoms with Crippen molar-refractivity contribution in [1.29, 1.82) is 0 Å². The molecule has 2 aliphatic rings. The van der Waals surface area contributed by atoms with E-state index in [1.54, 1.807) is 4.31 Å². The molecule has 1 saturated carbocycles. The van der Waals surface area contributed by atoms with Crippen LogP contribution in [0.5, 0.6) is 0 Å². The van der Waals surface area contributed by atoms with Gasteiger partial charge in [0.15, 0.2) is 0 Å². The Bertz CT molecular complexity index is 322. The number of hydrogen-bond acceptors (Lipinski definition) is 4. The van der Waals surface area contributed by atoms with Crippen LogP contribution in [0, 0.1) is 0 Å². The van der Waals surface area contributed by atoms with E-state index >= 15 is 0 Å². The van der Waals surface area contributed by atoms with Crippen LogP contribution in [-0.2, 0) is 10.0 Å². The molecule has 1 saturated heterocycles. The highest BCUT2D eigenvalue weighted by molar-refractivity contribution is 7.99. The summed E-state index contributed by atoms with van der Waals surface area (Å²) in [6.45, 7) is 2.37. The van der Waals surface area contributed by atoms with Crippen molar-refractivity contribution in [1.82, 2.24) is 9.62 Å². The second kappa shape index (κ2) is 6.41. The Kier molecular flexibility index (Phi) is 5.14. The van der Waals surface area contributed by atoms with Crippen molar-refractivity contribution in [3.8, 4) is 0 Å². The standard InChI is InChI=1S/C11H22N2O2S2/c14-17(15,13-6-8-16-9-7-13)10-2-1-5-12-11-3-4-11/h11-12H,1-10H2. The molecule has 1 heterocycles. The molecule has 1 aliphatic heterocycles. The van der Waals surface area contributed by atoms with Gasteiger partial charge in [-0.15, -0.1) is 0 Å². The van der Waals surface area contributed by atoms with Gasteiger partial charge in [0.05, 0.1) is 5.75 Å². The summed E-state index contributed by atoms with van der Waals surface area (Å²) in [6, 6.07) is 0.728. The van der Waals surface area contributed by atoms with Crippen molar-refractivity contribution in [2.24, 2.45) is 0 Å². The van der Waals surface area contributed by atoms with E-state index in [1.807, 2.05) is 11.8 Å². The molecule has 1 aliphatic carbocycles. The van der Waals surface area contributed by atoms with Gasteiger partial charge >= 0.3 is 0 Å². The molecule has 4 nitrogen and oxygen atoms in total. The maximum absolute atomic E-state index is 12.0. The van der Waals surface area contributed by atoms with Gasteiger partial charge in [0.1, 0.15) is 0 Å². The van der Waals surface area contributed by atoms with Gasteiger partial charge in [0, 0.05) is 30.6 Å². The minimum Gasteiger partial charge on any atom is -0.314 e. The van der Waals surface area contributed by atoms with E-state index in [0.717, 1.165) is 36.9 Å². The van der Waals surface area contributed by atoms with Crippen molar-refractivity contribution in [2.45, 2.75) is 31.7 Å². The van der Waals surface area contributed by atoms with E-state index in [-0.39, 0.29) is 0 Å². The maximum atomic E-state index is 12.0. The molecule has 0 unspecified atom stereocenters. The fraction of sp³-hybridized carbons (Fsp3) is 1.00. The normalized spacial score (nSPS) is 22.8. The van der Waals surface area contributed by atoms with Crippen molar-refractivity contribution >= 4 is 21.8 Å². The van der Waals surface area contributed by atoms with E-state index in [9.17, 15) is 8.42 Å². The number of hydrogen-bond donors (Lipinski definition) is 1. The summed E-state index contributed by atoms with van der Waals surface area (Å²) >= 11 is 1.84. The molecule has 2 fully saturated rings. The van der Waals surface area contributed by atoms with E-state index < -0.39 is 10.0 Å². The predicted octanol–water partition coefficient (Wildman–Crippen LogP) is 0.897. The Hall–Kier alpha value is 0.220. The third kappa shape index (κ3) is 4.77. The number of nitrogens with one attached hydrogen (secondary N) is 1. The molecule has 0 aromatic heterocycles. The molecule has 0 spiro atoms. The third-order valence-electron chi connectivity index (χ3n) is 3.20. The first-order valence-electron chi connectivity index (χ1n) is 6.47. The summed E-state index contributed by atoms with van der Waals surface area (Å²) in [5.41, 5.74) is 0. The first-order valence-corrected chi connectivity index (χ1v) is 9.24. The number of sulfonamides is 1. The van der Waals surface area contributed by atoms with Crippen LogP contribution < -0.4 is 5.32 Å². The molecule has 0 aromatic rings. The highest BCUT2D eigenvalue weighted by atomic mass is 32.2. The second-order valence-corrected chi connectivity index (χ2v) is 8.08. The van der Waals surface area contributed by atoms with Crippen molar-refractivity contribution in [3.63, 3.8) is 0 Å². The van der Waals surface area contributed by atoms with E-state index in [0.29, 0.717) is 18.8 Å². The number of unbranched alkanes of at least 4 members (excludes halogenated alkanes) is 1. The number of thioether (sulfide) groups is 1. The summed E-state index contributed by atoms with van der Waals surface area (Å²) in [6.07, 6.45) is 4.34. The monoisotopic (exact) mass is 278 g/mol. The highest BCUT2D eigenvalue weighted by Gasteiger charge is 2.23. The molecule has 0 radical (unpaired) electrons. The molecule has 100 valence electrons. The average molecular weight is 278 g/mol. The van der Waals surface area contributed by atoms with Gasteiger partial charge in [-0.3, -0.25) is 0 Å². The zero-order valence-corrected chi connectivity index (χ0v) is 11.9.